The van der Waals surface area contributed by atoms with E-state index < -0.39 is 7.14 Å². The van der Waals surface area contributed by atoms with Crippen molar-refractivity contribution >= 4 is 35.6 Å². The number of aromatic nitrogens is 2. The number of benzene rings is 1. The van der Waals surface area contributed by atoms with Gasteiger partial charge in [0, 0.05) is 5.30 Å². The van der Waals surface area contributed by atoms with Crippen molar-refractivity contribution in [1.29, 1.82) is 0 Å². The van der Waals surface area contributed by atoms with Crippen molar-refractivity contribution in [3.8, 4) is 5.75 Å². The van der Waals surface area contributed by atoms with Crippen LogP contribution in [0.1, 0.15) is 0 Å². The number of rotatable bonds is 4. The number of hydrogen-bond acceptors (Lipinski definition) is 5. The van der Waals surface area contributed by atoms with Crippen LogP contribution in [-0.2, 0) is 4.57 Å². The van der Waals surface area contributed by atoms with Crippen molar-refractivity contribution in [3.05, 3.63) is 35.7 Å². The van der Waals surface area contributed by atoms with Crippen molar-refractivity contribution in [2.24, 2.45) is 0 Å². The van der Waals surface area contributed by atoms with Gasteiger partial charge in [-0.2, -0.15) is 4.98 Å². The highest BCUT2D eigenvalue weighted by Gasteiger charge is 2.17. The molecule has 0 saturated heterocycles. The third-order valence-electron chi connectivity index (χ3n) is 2.68. The Bertz CT molecular complexity index is 672. The van der Waals surface area contributed by atoms with Crippen LogP contribution in [0.3, 0.4) is 0 Å². The second kappa shape index (κ2) is 5.81. The van der Waals surface area contributed by atoms with E-state index in [2.05, 4.69) is 15.3 Å². The number of para-hydroxylation sites is 1. The predicted molar refractivity (Wildman–Crippen MR) is 82.4 cm³/mol. The molecule has 0 aliphatic rings. The van der Waals surface area contributed by atoms with Crippen LogP contribution in [0, 0.1) is 0 Å². The summed E-state index contributed by atoms with van der Waals surface area (Å²) < 4.78 is 17.5. The first-order valence-electron chi connectivity index (χ1n) is 5.90. The van der Waals surface area contributed by atoms with Gasteiger partial charge >= 0.3 is 0 Å². The molecule has 0 bridgehead atoms. The average molecular weight is 312 g/mol. The van der Waals surface area contributed by atoms with Gasteiger partial charge in [0.25, 0.3) is 0 Å². The Labute approximate surface area is 122 Å². The summed E-state index contributed by atoms with van der Waals surface area (Å²) in [6.45, 7) is 3.44. The molecule has 0 aliphatic heterocycles. The minimum atomic E-state index is -2.41. The number of anilines is 2. The molecule has 0 aliphatic carbocycles. The van der Waals surface area contributed by atoms with Crippen LogP contribution < -0.4 is 15.4 Å². The van der Waals surface area contributed by atoms with Gasteiger partial charge < -0.3 is 14.6 Å². The standard InChI is InChI=1S/C13H15ClN3O2P/c1-19-10-8-15-13(14)17-12(10)16-9-6-4-5-7-11(9)20(2,3)18/h4-8H,1-3H3,(H,15,16,17). The highest BCUT2D eigenvalue weighted by molar-refractivity contribution is 7.70. The topological polar surface area (TPSA) is 64.1 Å². The Kier molecular flexibility index (Phi) is 4.31. The maximum atomic E-state index is 12.3. The Morgan fingerprint density at radius 1 is 1.30 bits per heavy atom. The van der Waals surface area contributed by atoms with Crippen LogP contribution in [0.15, 0.2) is 30.5 Å². The number of hydrogen-bond donors (Lipinski definition) is 1. The second-order valence-electron chi connectivity index (χ2n) is 4.55. The summed E-state index contributed by atoms with van der Waals surface area (Å²) in [6.07, 6.45) is 1.48. The number of ether oxygens (including phenoxy) is 1. The lowest BCUT2D eigenvalue weighted by Gasteiger charge is -2.15. The zero-order chi connectivity index (χ0) is 14.8. The molecule has 1 N–H and O–H groups in total. The van der Waals surface area contributed by atoms with Gasteiger partial charge in [-0.05, 0) is 37.1 Å². The molecule has 0 unspecified atom stereocenters. The fourth-order valence-electron chi connectivity index (χ4n) is 1.76. The van der Waals surface area contributed by atoms with Gasteiger partial charge in [-0.15, -0.1) is 0 Å². The van der Waals surface area contributed by atoms with Crippen LogP contribution in [0.5, 0.6) is 5.75 Å². The second-order valence-corrected chi connectivity index (χ2v) is 8.07. The fourth-order valence-corrected chi connectivity index (χ4v) is 3.05. The highest BCUT2D eigenvalue weighted by Crippen LogP contribution is 2.38. The summed E-state index contributed by atoms with van der Waals surface area (Å²) in [5.74, 6) is 0.902. The first kappa shape index (κ1) is 14.8. The molecule has 5 nitrogen and oxygen atoms in total. The zero-order valence-corrected chi connectivity index (χ0v) is 13.1. The summed E-state index contributed by atoms with van der Waals surface area (Å²) in [5, 5.41) is 3.97. The van der Waals surface area contributed by atoms with Crippen molar-refractivity contribution in [1.82, 2.24) is 9.97 Å². The van der Waals surface area contributed by atoms with E-state index in [1.165, 1.54) is 13.3 Å². The van der Waals surface area contributed by atoms with Gasteiger partial charge in [-0.1, -0.05) is 12.1 Å². The van der Waals surface area contributed by atoms with Gasteiger partial charge in [-0.25, -0.2) is 4.98 Å². The minimum Gasteiger partial charge on any atom is -0.491 e. The quantitative estimate of drug-likeness (QED) is 0.694. The monoisotopic (exact) mass is 311 g/mol. The fraction of sp³-hybridized carbons (Fsp3) is 0.231. The van der Waals surface area contributed by atoms with Crippen LogP contribution >= 0.6 is 18.7 Å². The van der Waals surface area contributed by atoms with Crippen molar-refractivity contribution in [2.45, 2.75) is 0 Å². The summed E-state index contributed by atoms with van der Waals surface area (Å²) in [5.41, 5.74) is 0.717. The average Bonchev–Trinajstić information content (AvgIpc) is 2.38. The van der Waals surface area contributed by atoms with Gasteiger partial charge in [0.1, 0.15) is 7.14 Å². The third-order valence-corrected chi connectivity index (χ3v) is 4.42. The van der Waals surface area contributed by atoms with E-state index in [1.54, 1.807) is 13.3 Å². The normalized spacial score (nSPS) is 11.2. The minimum absolute atomic E-state index is 0.113. The predicted octanol–water partition coefficient (Wildman–Crippen LogP) is 3.13. The first-order valence-corrected chi connectivity index (χ1v) is 8.88. The molecule has 2 rings (SSSR count). The van der Waals surface area contributed by atoms with Gasteiger partial charge in [0.15, 0.2) is 11.6 Å². The number of methoxy groups -OCH3 is 1. The maximum absolute atomic E-state index is 12.3. The molecule has 0 atom stereocenters. The summed E-state index contributed by atoms with van der Waals surface area (Å²) in [7, 11) is -0.886. The van der Waals surface area contributed by atoms with Gasteiger partial charge in [0.2, 0.25) is 5.28 Å². The molecule has 0 fully saturated rings. The van der Waals surface area contributed by atoms with E-state index in [-0.39, 0.29) is 5.28 Å². The maximum Gasteiger partial charge on any atom is 0.224 e. The lowest BCUT2D eigenvalue weighted by Crippen LogP contribution is -2.10. The number of nitrogens with zero attached hydrogens (tertiary/aromatic N) is 2. The molecular formula is C13H15ClN3O2P. The van der Waals surface area contributed by atoms with Gasteiger partial charge in [-0.3, -0.25) is 0 Å². The van der Waals surface area contributed by atoms with Gasteiger partial charge in [0.05, 0.1) is 19.0 Å². The first-order chi connectivity index (χ1) is 9.41. The SMILES string of the molecule is COc1cnc(Cl)nc1Nc1ccccc1P(C)(C)=O. The molecule has 1 aromatic heterocycles. The van der Waals surface area contributed by atoms with Crippen LogP contribution in [0.4, 0.5) is 11.5 Å². The molecule has 1 heterocycles. The Morgan fingerprint density at radius 2 is 2.00 bits per heavy atom. The number of nitrogens with one attached hydrogen (secondary N) is 1. The van der Waals surface area contributed by atoms with E-state index in [0.717, 1.165) is 5.30 Å². The van der Waals surface area contributed by atoms with Crippen LogP contribution in [0.2, 0.25) is 5.28 Å². The Hall–Kier alpha value is -1.58. The summed E-state index contributed by atoms with van der Waals surface area (Å²) >= 11 is 5.80. The highest BCUT2D eigenvalue weighted by atomic mass is 35.5. The van der Waals surface area contributed by atoms with Crippen LogP contribution in [0.25, 0.3) is 0 Å². The Balaban J connectivity index is 2.46. The molecular weight excluding hydrogens is 297 g/mol. The van der Waals surface area contributed by atoms with E-state index in [9.17, 15) is 4.57 Å². The molecule has 106 valence electrons. The molecule has 0 radical (unpaired) electrons. The number of halogens is 1. The van der Waals surface area contributed by atoms with Crippen molar-refractivity contribution < 1.29 is 9.30 Å². The van der Waals surface area contributed by atoms with Crippen molar-refractivity contribution in [3.63, 3.8) is 0 Å². The molecule has 1 aromatic carbocycles. The third kappa shape index (κ3) is 3.30. The van der Waals surface area contributed by atoms with E-state index in [4.69, 9.17) is 16.3 Å². The van der Waals surface area contributed by atoms with E-state index >= 15 is 0 Å². The lowest BCUT2D eigenvalue weighted by atomic mass is 10.3. The van der Waals surface area contributed by atoms with E-state index in [1.807, 2.05) is 24.3 Å². The largest absolute Gasteiger partial charge is 0.491 e. The lowest BCUT2D eigenvalue weighted by molar-refractivity contribution is 0.413. The molecule has 0 amide bonds. The Morgan fingerprint density at radius 3 is 2.65 bits per heavy atom. The van der Waals surface area contributed by atoms with Crippen LogP contribution in [-0.4, -0.2) is 30.4 Å². The molecule has 0 saturated carbocycles. The van der Waals surface area contributed by atoms with E-state index in [0.29, 0.717) is 17.3 Å². The molecule has 20 heavy (non-hydrogen) atoms. The zero-order valence-electron chi connectivity index (χ0n) is 11.4. The molecule has 0 spiro atoms. The summed E-state index contributed by atoms with van der Waals surface area (Å²) in [4.78, 5) is 7.95. The van der Waals surface area contributed by atoms with Crippen molar-refractivity contribution in [2.75, 3.05) is 25.8 Å². The molecule has 7 heteroatoms. The molecule has 2 aromatic rings. The summed E-state index contributed by atoms with van der Waals surface area (Å²) in [6, 6.07) is 7.38. The smallest absolute Gasteiger partial charge is 0.224 e.